The van der Waals surface area contributed by atoms with Crippen molar-refractivity contribution in [1.82, 2.24) is 14.8 Å². The summed E-state index contributed by atoms with van der Waals surface area (Å²) in [5.74, 6) is 0.987. The van der Waals surface area contributed by atoms with Gasteiger partial charge in [-0.05, 0) is 43.7 Å². The lowest BCUT2D eigenvalue weighted by Gasteiger charge is -2.36. The topological polar surface area (TPSA) is 56.8 Å². The molecule has 1 radical (unpaired) electrons. The summed E-state index contributed by atoms with van der Waals surface area (Å²) in [5.41, 5.74) is 1.17. The van der Waals surface area contributed by atoms with E-state index in [1.54, 1.807) is 0 Å². The van der Waals surface area contributed by atoms with Crippen LogP contribution in [0.3, 0.4) is 0 Å². The first kappa shape index (κ1) is 20.6. The van der Waals surface area contributed by atoms with Crippen LogP contribution in [0.2, 0.25) is 0 Å². The smallest absolute Gasteiger partial charge is 0.226 e. The molecule has 0 atom stereocenters. The van der Waals surface area contributed by atoms with Crippen molar-refractivity contribution in [2.45, 2.75) is 45.4 Å². The van der Waals surface area contributed by atoms with Gasteiger partial charge in [-0.3, -0.25) is 14.6 Å². The van der Waals surface area contributed by atoms with Crippen LogP contribution in [0, 0.1) is 12.3 Å². The molecule has 0 aromatic carbocycles. The number of nitrogens with zero attached hydrogens (tertiary/aromatic N) is 4. The van der Waals surface area contributed by atoms with E-state index in [2.05, 4.69) is 16.8 Å². The normalized spacial score (nSPS) is 18.4. The highest BCUT2D eigenvalue weighted by Gasteiger charge is 2.25. The predicted octanol–water partition coefficient (Wildman–Crippen LogP) is 2.75. The summed E-state index contributed by atoms with van der Waals surface area (Å²) in [4.78, 5) is 35.0. The highest BCUT2D eigenvalue weighted by Crippen LogP contribution is 2.23. The first-order valence-corrected chi connectivity index (χ1v) is 10.7. The monoisotopic (exact) mass is 385 g/mol. The number of anilines is 1. The zero-order valence-electron chi connectivity index (χ0n) is 17.1. The number of rotatable bonds is 7. The lowest BCUT2D eigenvalue weighted by molar-refractivity contribution is -0.133. The largest absolute Gasteiger partial charge is 0.368 e. The maximum absolute atomic E-state index is 12.6. The SMILES string of the molecule is CCCCC(=O)N1CCC(C[CH]C(=O)N2CCN(c3ccncc3)CC2)CC1. The van der Waals surface area contributed by atoms with Gasteiger partial charge in [0.1, 0.15) is 0 Å². The van der Waals surface area contributed by atoms with Gasteiger partial charge >= 0.3 is 0 Å². The molecule has 1 aromatic rings. The van der Waals surface area contributed by atoms with E-state index in [-0.39, 0.29) is 5.91 Å². The molecule has 0 saturated carbocycles. The van der Waals surface area contributed by atoms with E-state index in [1.807, 2.05) is 40.7 Å². The molecule has 2 saturated heterocycles. The zero-order valence-corrected chi connectivity index (χ0v) is 17.1. The van der Waals surface area contributed by atoms with Crippen molar-refractivity contribution in [3.8, 4) is 0 Å². The maximum Gasteiger partial charge on any atom is 0.226 e. The number of aromatic nitrogens is 1. The van der Waals surface area contributed by atoms with Crippen LogP contribution in [0.4, 0.5) is 5.69 Å². The molecular weight excluding hydrogens is 352 g/mol. The van der Waals surface area contributed by atoms with Crippen molar-refractivity contribution >= 4 is 17.5 Å². The third-order valence-corrected chi connectivity index (χ3v) is 5.96. The third kappa shape index (κ3) is 5.69. The Kier molecular flexibility index (Phi) is 7.69. The molecule has 2 aliphatic heterocycles. The number of carbonyl (C=O) groups excluding carboxylic acids is 2. The first-order valence-electron chi connectivity index (χ1n) is 10.7. The van der Waals surface area contributed by atoms with Crippen molar-refractivity contribution in [1.29, 1.82) is 0 Å². The summed E-state index contributed by atoms with van der Waals surface area (Å²) in [6.45, 7) is 7.07. The number of carbonyl (C=O) groups is 2. The number of unbranched alkanes of at least 4 members (excludes halogenated alkanes) is 1. The average Bonchev–Trinajstić information content (AvgIpc) is 2.77. The minimum absolute atomic E-state index is 0.163. The van der Waals surface area contributed by atoms with Gasteiger partial charge in [0, 0.05) is 70.2 Å². The molecule has 3 heterocycles. The molecule has 6 heteroatoms. The van der Waals surface area contributed by atoms with Gasteiger partial charge in [0.25, 0.3) is 0 Å². The van der Waals surface area contributed by atoms with Gasteiger partial charge < -0.3 is 14.7 Å². The summed E-state index contributed by atoms with van der Waals surface area (Å²) >= 11 is 0. The zero-order chi connectivity index (χ0) is 19.8. The molecule has 6 nitrogen and oxygen atoms in total. The predicted molar refractivity (Wildman–Crippen MR) is 111 cm³/mol. The Morgan fingerprint density at radius 1 is 1.04 bits per heavy atom. The van der Waals surface area contributed by atoms with E-state index >= 15 is 0 Å². The van der Waals surface area contributed by atoms with Gasteiger partial charge in [0.15, 0.2) is 0 Å². The standard InChI is InChI=1S/C22H33N4O2/c1-2-3-4-21(27)25-13-9-19(10-14-25)5-6-22(28)26-17-15-24(16-18-26)20-7-11-23-12-8-20/h6-8,11-12,19H,2-5,9-10,13-18H2,1H3. The maximum atomic E-state index is 12.6. The fourth-order valence-corrected chi connectivity index (χ4v) is 4.04. The Hall–Kier alpha value is -2.11. The van der Waals surface area contributed by atoms with Gasteiger partial charge in [-0.1, -0.05) is 13.3 Å². The fourth-order valence-electron chi connectivity index (χ4n) is 4.04. The van der Waals surface area contributed by atoms with Crippen molar-refractivity contribution in [2.75, 3.05) is 44.2 Å². The lowest BCUT2D eigenvalue weighted by Crippen LogP contribution is -2.49. The second kappa shape index (κ2) is 10.4. The molecule has 0 unspecified atom stereocenters. The lowest BCUT2D eigenvalue weighted by atomic mass is 9.91. The Balaban J connectivity index is 1.34. The van der Waals surface area contributed by atoms with Crippen molar-refractivity contribution in [2.24, 2.45) is 5.92 Å². The first-order chi connectivity index (χ1) is 13.7. The number of piperidine rings is 1. The van der Waals surface area contributed by atoms with E-state index in [0.29, 0.717) is 18.2 Å². The Labute approximate surface area is 168 Å². The highest BCUT2D eigenvalue weighted by atomic mass is 16.2. The van der Waals surface area contributed by atoms with Crippen LogP contribution in [0.15, 0.2) is 24.5 Å². The molecular formula is C22H33N4O2. The molecule has 3 rings (SSSR count). The van der Waals surface area contributed by atoms with Crippen LogP contribution < -0.4 is 4.90 Å². The van der Waals surface area contributed by atoms with E-state index in [0.717, 1.165) is 71.4 Å². The van der Waals surface area contributed by atoms with Crippen molar-refractivity contribution in [3.63, 3.8) is 0 Å². The summed E-state index contributed by atoms with van der Waals surface area (Å²) in [6.07, 6.45) is 11.1. The van der Waals surface area contributed by atoms with Crippen LogP contribution in [0.25, 0.3) is 0 Å². The van der Waals surface area contributed by atoms with E-state index in [9.17, 15) is 9.59 Å². The number of hydrogen-bond acceptors (Lipinski definition) is 4. The molecule has 0 spiro atoms. The summed E-state index contributed by atoms with van der Waals surface area (Å²) in [7, 11) is 0. The molecule has 0 N–H and O–H groups in total. The molecule has 1 aromatic heterocycles. The molecule has 2 aliphatic rings. The molecule has 0 bridgehead atoms. The minimum Gasteiger partial charge on any atom is -0.368 e. The second-order valence-electron chi connectivity index (χ2n) is 7.89. The molecule has 2 fully saturated rings. The molecule has 2 amide bonds. The van der Waals surface area contributed by atoms with E-state index in [4.69, 9.17) is 0 Å². The summed E-state index contributed by atoms with van der Waals surface area (Å²) < 4.78 is 0. The van der Waals surface area contributed by atoms with Gasteiger partial charge in [-0.15, -0.1) is 0 Å². The number of likely N-dealkylation sites (tertiary alicyclic amines) is 1. The van der Waals surface area contributed by atoms with Crippen molar-refractivity contribution in [3.05, 3.63) is 30.9 Å². The summed E-state index contributed by atoms with van der Waals surface area (Å²) in [6, 6.07) is 4.03. The molecule has 153 valence electrons. The highest BCUT2D eigenvalue weighted by molar-refractivity contribution is 5.85. The molecule has 28 heavy (non-hydrogen) atoms. The molecule has 0 aliphatic carbocycles. The average molecular weight is 386 g/mol. The number of hydrogen-bond donors (Lipinski definition) is 0. The van der Waals surface area contributed by atoms with Crippen molar-refractivity contribution < 1.29 is 9.59 Å². The van der Waals surface area contributed by atoms with E-state index < -0.39 is 0 Å². The number of piperazine rings is 1. The Morgan fingerprint density at radius 2 is 1.71 bits per heavy atom. The number of pyridine rings is 1. The van der Waals surface area contributed by atoms with Gasteiger partial charge in [-0.2, -0.15) is 0 Å². The van der Waals surface area contributed by atoms with Gasteiger partial charge in [0.2, 0.25) is 11.8 Å². The number of amides is 2. The fraction of sp³-hybridized carbons (Fsp3) is 0.636. The van der Waals surface area contributed by atoms with Crippen LogP contribution in [0.5, 0.6) is 0 Å². The van der Waals surface area contributed by atoms with Crippen LogP contribution in [-0.4, -0.2) is 65.9 Å². The van der Waals surface area contributed by atoms with Gasteiger partial charge in [-0.25, -0.2) is 0 Å². The Morgan fingerprint density at radius 3 is 2.36 bits per heavy atom. The Bertz CT molecular complexity index is 621. The van der Waals surface area contributed by atoms with Crippen LogP contribution in [-0.2, 0) is 9.59 Å². The van der Waals surface area contributed by atoms with Gasteiger partial charge in [0.05, 0.1) is 0 Å². The van der Waals surface area contributed by atoms with E-state index in [1.165, 1.54) is 5.69 Å². The van der Waals surface area contributed by atoms with Crippen LogP contribution >= 0.6 is 0 Å². The quantitative estimate of drug-likeness (QED) is 0.724. The summed E-state index contributed by atoms with van der Waals surface area (Å²) in [5, 5.41) is 0. The van der Waals surface area contributed by atoms with Crippen LogP contribution in [0.1, 0.15) is 45.4 Å². The third-order valence-electron chi connectivity index (χ3n) is 5.96. The minimum atomic E-state index is 0.163. The second-order valence-corrected chi connectivity index (χ2v) is 7.89.